The van der Waals surface area contributed by atoms with E-state index in [2.05, 4.69) is 5.32 Å². The molecule has 1 atom stereocenters. The number of benzene rings is 2. The van der Waals surface area contributed by atoms with Crippen molar-refractivity contribution in [2.45, 2.75) is 13.0 Å². The Hall–Kier alpha value is -3.59. The van der Waals surface area contributed by atoms with Crippen LogP contribution in [0.2, 0.25) is 0 Å². The van der Waals surface area contributed by atoms with Crippen molar-refractivity contribution < 1.29 is 18.9 Å². The van der Waals surface area contributed by atoms with Gasteiger partial charge in [0.15, 0.2) is 0 Å². The van der Waals surface area contributed by atoms with Crippen molar-refractivity contribution in [1.82, 2.24) is 4.90 Å². The second kappa shape index (κ2) is 7.68. The van der Waals surface area contributed by atoms with Gasteiger partial charge in [0.1, 0.15) is 12.4 Å². The number of aryl methyl sites for hydroxylation is 1. The Morgan fingerprint density at radius 2 is 2.07 bits per heavy atom. The van der Waals surface area contributed by atoms with Crippen molar-refractivity contribution in [2.75, 3.05) is 11.9 Å². The first-order valence-electron chi connectivity index (χ1n) is 9.04. The predicted octanol–water partition coefficient (Wildman–Crippen LogP) is 4.29. The number of carbonyl (C=O) groups is 2. The molecular weight excluding hydrogens is 409 g/mol. The summed E-state index contributed by atoms with van der Waals surface area (Å²) in [7, 11) is 0. The lowest BCUT2D eigenvalue weighted by atomic mass is 10.0. The molecule has 7 nitrogen and oxygen atoms in total. The summed E-state index contributed by atoms with van der Waals surface area (Å²) < 4.78 is 14.1. The van der Waals surface area contributed by atoms with Crippen LogP contribution in [0.3, 0.4) is 0 Å². The molecule has 30 heavy (non-hydrogen) atoms. The molecular formula is C21H16FN3O4S. The molecule has 1 aliphatic rings. The number of fused-ring (bicyclic) bond motifs is 1. The third kappa shape index (κ3) is 3.55. The fourth-order valence-corrected chi connectivity index (χ4v) is 4.38. The maximum atomic E-state index is 14.1. The normalized spacial score (nSPS) is 15.9. The van der Waals surface area contributed by atoms with E-state index in [0.717, 1.165) is 4.88 Å². The second-order valence-corrected chi connectivity index (χ2v) is 7.87. The summed E-state index contributed by atoms with van der Waals surface area (Å²) in [5, 5.41) is 15.8. The molecule has 152 valence electrons. The van der Waals surface area contributed by atoms with E-state index in [1.165, 1.54) is 52.6 Å². The zero-order valence-electron chi connectivity index (χ0n) is 15.8. The van der Waals surface area contributed by atoms with Gasteiger partial charge < -0.3 is 10.2 Å². The molecule has 9 heteroatoms. The Labute approximate surface area is 174 Å². The van der Waals surface area contributed by atoms with E-state index in [4.69, 9.17) is 0 Å². The number of halogens is 1. The van der Waals surface area contributed by atoms with Gasteiger partial charge in [-0.2, -0.15) is 0 Å². The topological polar surface area (TPSA) is 92.6 Å². The lowest BCUT2D eigenvalue weighted by Gasteiger charge is -2.29. The van der Waals surface area contributed by atoms with Crippen molar-refractivity contribution >= 4 is 34.5 Å². The zero-order valence-corrected chi connectivity index (χ0v) is 16.6. The van der Waals surface area contributed by atoms with Crippen molar-refractivity contribution in [3.8, 4) is 0 Å². The number of rotatable bonds is 3. The van der Waals surface area contributed by atoms with Crippen LogP contribution < -0.4 is 5.32 Å². The molecule has 1 aliphatic heterocycles. The number of anilines is 1. The largest absolute Gasteiger partial charge is 0.324 e. The summed E-state index contributed by atoms with van der Waals surface area (Å²) in [5.41, 5.74) is 1.19. The minimum atomic E-state index is -0.720. The maximum absolute atomic E-state index is 14.1. The van der Waals surface area contributed by atoms with Gasteiger partial charge in [-0.3, -0.25) is 19.7 Å². The molecule has 0 fully saturated rings. The van der Waals surface area contributed by atoms with Crippen LogP contribution in [-0.2, 0) is 4.79 Å². The van der Waals surface area contributed by atoms with Gasteiger partial charge in [0.05, 0.1) is 11.0 Å². The Bertz CT molecular complexity index is 1160. The minimum Gasteiger partial charge on any atom is -0.324 e. The highest BCUT2D eigenvalue weighted by molar-refractivity contribution is 7.10. The van der Waals surface area contributed by atoms with Crippen LogP contribution in [-0.4, -0.2) is 28.2 Å². The van der Waals surface area contributed by atoms with E-state index in [0.29, 0.717) is 16.8 Å². The van der Waals surface area contributed by atoms with Gasteiger partial charge in [0.25, 0.3) is 11.6 Å². The molecule has 2 aromatic carbocycles. The second-order valence-electron chi connectivity index (χ2n) is 6.89. The quantitative estimate of drug-likeness (QED) is 0.501. The molecule has 1 unspecified atom stereocenters. The first-order chi connectivity index (χ1) is 14.3. The third-order valence-electron chi connectivity index (χ3n) is 4.93. The van der Waals surface area contributed by atoms with Crippen LogP contribution in [0.15, 0.2) is 53.9 Å². The summed E-state index contributed by atoms with van der Waals surface area (Å²) in [4.78, 5) is 38.8. The van der Waals surface area contributed by atoms with Crippen LogP contribution in [0, 0.1) is 22.9 Å². The smallest absolute Gasteiger partial charge is 0.273 e. The minimum absolute atomic E-state index is 0.0847. The van der Waals surface area contributed by atoms with Crippen molar-refractivity contribution in [2.24, 2.45) is 0 Å². The first kappa shape index (κ1) is 19.7. The number of amides is 2. The van der Waals surface area contributed by atoms with Gasteiger partial charge in [-0.1, -0.05) is 12.1 Å². The van der Waals surface area contributed by atoms with Crippen LogP contribution in [0.25, 0.3) is 0 Å². The number of thiophene rings is 1. The summed E-state index contributed by atoms with van der Waals surface area (Å²) in [6.07, 6.45) is 0. The summed E-state index contributed by atoms with van der Waals surface area (Å²) in [6.45, 7) is 1.30. The maximum Gasteiger partial charge on any atom is 0.273 e. The molecule has 0 spiro atoms. The van der Waals surface area contributed by atoms with Gasteiger partial charge in [-0.25, -0.2) is 4.39 Å². The average Bonchev–Trinajstić information content (AvgIpc) is 3.18. The summed E-state index contributed by atoms with van der Waals surface area (Å²) >= 11 is 1.37. The van der Waals surface area contributed by atoms with Crippen LogP contribution in [0.5, 0.6) is 0 Å². The number of carbonyl (C=O) groups excluding carboxylic acids is 2. The van der Waals surface area contributed by atoms with Gasteiger partial charge in [-0.05, 0) is 42.6 Å². The average molecular weight is 425 g/mol. The van der Waals surface area contributed by atoms with Crippen LogP contribution in [0.1, 0.15) is 32.4 Å². The van der Waals surface area contributed by atoms with Crippen LogP contribution in [0.4, 0.5) is 15.8 Å². The third-order valence-corrected chi connectivity index (χ3v) is 5.86. The fourth-order valence-electron chi connectivity index (χ4n) is 3.52. The number of hydrogen-bond acceptors (Lipinski definition) is 5. The van der Waals surface area contributed by atoms with E-state index >= 15 is 0 Å². The van der Waals surface area contributed by atoms with E-state index in [1.54, 1.807) is 19.1 Å². The fraction of sp³-hybridized carbons (Fsp3) is 0.143. The van der Waals surface area contributed by atoms with Gasteiger partial charge >= 0.3 is 0 Å². The number of hydrogen-bond donors (Lipinski definition) is 1. The van der Waals surface area contributed by atoms with E-state index < -0.39 is 28.6 Å². The Kier molecular flexibility index (Phi) is 5.04. The molecule has 4 rings (SSSR count). The van der Waals surface area contributed by atoms with Gasteiger partial charge in [0.2, 0.25) is 5.91 Å². The summed E-state index contributed by atoms with van der Waals surface area (Å²) in [5.74, 6) is -1.48. The first-order valence-corrected chi connectivity index (χ1v) is 9.92. The molecule has 0 radical (unpaired) electrons. The highest BCUT2D eigenvalue weighted by Gasteiger charge is 2.35. The highest BCUT2D eigenvalue weighted by Crippen LogP contribution is 2.39. The number of nitrogens with one attached hydrogen (secondary N) is 1. The predicted molar refractivity (Wildman–Crippen MR) is 110 cm³/mol. The molecule has 2 heterocycles. The Morgan fingerprint density at radius 3 is 2.77 bits per heavy atom. The molecule has 3 aromatic rings. The van der Waals surface area contributed by atoms with Gasteiger partial charge in [0, 0.05) is 33.3 Å². The van der Waals surface area contributed by atoms with Crippen molar-refractivity contribution in [3.63, 3.8) is 0 Å². The molecule has 0 saturated heterocycles. The summed E-state index contributed by atoms with van der Waals surface area (Å²) in [6, 6.07) is 11.1. The number of nitrogens with zero attached hydrogens (tertiary/aromatic N) is 2. The molecule has 0 bridgehead atoms. The standard InChI is InChI=1S/C21H16FN3O4S/c1-12-4-5-13(9-17(12)25(28)29)21(27)24-11-19(26)23-16-7-6-14(22)10-15(16)20(24)18-3-2-8-30-18/h2-10,20H,11H2,1H3,(H,23,26). The Balaban J connectivity index is 1.86. The number of nitro benzene ring substituents is 1. The lowest BCUT2D eigenvalue weighted by molar-refractivity contribution is -0.385. The van der Waals surface area contributed by atoms with Crippen molar-refractivity contribution in [1.29, 1.82) is 0 Å². The lowest BCUT2D eigenvalue weighted by Crippen LogP contribution is -2.38. The highest BCUT2D eigenvalue weighted by atomic mass is 32.1. The Morgan fingerprint density at radius 1 is 1.27 bits per heavy atom. The zero-order chi connectivity index (χ0) is 21.4. The van der Waals surface area contributed by atoms with E-state index in [1.807, 2.05) is 5.38 Å². The monoisotopic (exact) mass is 425 g/mol. The molecule has 1 aromatic heterocycles. The molecule has 0 saturated carbocycles. The molecule has 2 amide bonds. The molecule has 1 N–H and O–H groups in total. The van der Waals surface area contributed by atoms with Gasteiger partial charge in [-0.15, -0.1) is 11.3 Å². The SMILES string of the molecule is Cc1ccc(C(=O)N2CC(=O)Nc3ccc(F)cc3C2c2cccs2)cc1[N+](=O)[O-]. The van der Waals surface area contributed by atoms with Crippen molar-refractivity contribution in [3.05, 3.63) is 91.4 Å². The molecule has 0 aliphatic carbocycles. The van der Waals surface area contributed by atoms with E-state index in [9.17, 15) is 24.1 Å². The van der Waals surface area contributed by atoms with E-state index in [-0.39, 0.29) is 17.8 Å². The number of nitro groups is 1. The van der Waals surface area contributed by atoms with Crippen LogP contribution >= 0.6 is 11.3 Å².